The molecule has 0 radical (unpaired) electrons. The van der Waals surface area contributed by atoms with Gasteiger partial charge >= 0.3 is 0 Å². The maximum Gasteiger partial charge on any atom is 0.244 e. The van der Waals surface area contributed by atoms with Crippen LogP contribution in [0.3, 0.4) is 0 Å². The summed E-state index contributed by atoms with van der Waals surface area (Å²) in [5, 5.41) is 8.44. The molecule has 0 saturated heterocycles. The van der Waals surface area contributed by atoms with Crippen LogP contribution in [0.5, 0.6) is 0 Å². The predicted octanol–water partition coefficient (Wildman–Crippen LogP) is 1.31. The summed E-state index contributed by atoms with van der Waals surface area (Å²) in [6.45, 7) is 2.03. The fraction of sp³-hybridized carbons (Fsp3) is 0.429. The van der Waals surface area contributed by atoms with Gasteiger partial charge in [-0.1, -0.05) is 29.8 Å². The fourth-order valence-corrected chi connectivity index (χ4v) is 1.92. The zero-order valence-corrected chi connectivity index (χ0v) is 11.1. The first kappa shape index (κ1) is 15.2. The maximum absolute atomic E-state index is 11.2. The molecule has 0 unspecified atom stereocenters. The minimum Gasteiger partial charge on any atom is -0.369 e. The van der Waals surface area contributed by atoms with Crippen LogP contribution in [-0.2, 0) is 16.0 Å². The van der Waals surface area contributed by atoms with Gasteiger partial charge < -0.3 is 5.73 Å². The minimum absolute atomic E-state index is 0.0697. The number of nitrogens with one attached hydrogen (secondary N) is 1. The van der Waals surface area contributed by atoms with E-state index in [2.05, 4.69) is 12.1 Å². The van der Waals surface area contributed by atoms with Crippen molar-refractivity contribution in [3.05, 3.63) is 35.4 Å². The van der Waals surface area contributed by atoms with E-state index in [4.69, 9.17) is 10.9 Å². The van der Waals surface area contributed by atoms with E-state index in [0.29, 0.717) is 6.42 Å². The van der Waals surface area contributed by atoms with Crippen LogP contribution in [0.4, 0.5) is 0 Å². The Hall–Kier alpha value is -1.88. The number of carbonyl (C=O) groups is 2. The van der Waals surface area contributed by atoms with E-state index in [1.807, 2.05) is 19.1 Å². The van der Waals surface area contributed by atoms with E-state index >= 15 is 0 Å². The highest BCUT2D eigenvalue weighted by Gasteiger charge is 2.18. The van der Waals surface area contributed by atoms with Gasteiger partial charge in [0.2, 0.25) is 11.8 Å². The molecule has 1 atom stereocenters. The van der Waals surface area contributed by atoms with Crippen molar-refractivity contribution in [3.63, 3.8) is 0 Å². The van der Waals surface area contributed by atoms with Crippen LogP contribution in [0.25, 0.3) is 0 Å². The molecular weight excluding hydrogens is 244 g/mol. The maximum atomic E-state index is 11.2. The standard InChI is InChI=1S/C14H20N2O3/c1-10-5-7-11(8-6-10)3-2-4-12(14(15)18)9-13(17)16-19/h5-8,12,19H,2-4,9H2,1H3,(H2,15,18)(H,16,17)/t12-/m1/s1. The zero-order valence-electron chi connectivity index (χ0n) is 11.1. The predicted molar refractivity (Wildman–Crippen MR) is 71.3 cm³/mol. The highest BCUT2D eigenvalue weighted by Crippen LogP contribution is 2.14. The highest BCUT2D eigenvalue weighted by atomic mass is 16.5. The average Bonchev–Trinajstić information content (AvgIpc) is 2.39. The van der Waals surface area contributed by atoms with Crippen molar-refractivity contribution in [1.29, 1.82) is 0 Å². The molecule has 0 spiro atoms. The van der Waals surface area contributed by atoms with Crippen molar-refractivity contribution in [1.82, 2.24) is 5.48 Å². The normalized spacial score (nSPS) is 11.9. The zero-order chi connectivity index (χ0) is 14.3. The van der Waals surface area contributed by atoms with E-state index in [9.17, 15) is 9.59 Å². The van der Waals surface area contributed by atoms with Crippen LogP contribution in [-0.4, -0.2) is 17.0 Å². The molecule has 0 fully saturated rings. The molecule has 19 heavy (non-hydrogen) atoms. The molecule has 104 valence electrons. The second-order valence-corrected chi connectivity index (χ2v) is 4.72. The Kier molecular flexibility index (Phi) is 6.02. The highest BCUT2D eigenvalue weighted by molar-refractivity contribution is 5.84. The number of aryl methyl sites for hydroxylation is 2. The number of nitrogens with two attached hydrogens (primary N) is 1. The molecule has 2 amide bonds. The third-order valence-electron chi connectivity index (χ3n) is 3.10. The molecular formula is C14H20N2O3. The third-order valence-corrected chi connectivity index (χ3v) is 3.10. The Bertz CT molecular complexity index is 429. The SMILES string of the molecule is Cc1ccc(CCC[C@H](CC(=O)NO)C(N)=O)cc1. The summed E-state index contributed by atoms with van der Waals surface area (Å²) >= 11 is 0. The van der Waals surface area contributed by atoms with Crippen LogP contribution in [0.2, 0.25) is 0 Å². The molecule has 0 saturated carbocycles. The summed E-state index contributed by atoms with van der Waals surface area (Å²) in [4.78, 5) is 22.2. The van der Waals surface area contributed by atoms with Gasteiger partial charge in [0.1, 0.15) is 0 Å². The van der Waals surface area contributed by atoms with E-state index in [-0.39, 0.29) is 6.42 Å². The number of rotatable bonds is 7. The van der Waals surface area contributed by atoms with Gasteiger partial charge in [-0.15, -0.1) is 0 Å². The van der Waals surface area contributed by atoms with Crippen molar-refractivity contribution < 1.29 is 14.8 Å². The fourth-order valence-electron chi connectivity index (χ4n) is 1.92. The number of hydrogen-bond donors (Lipinski definition) is 3. The Morgan fingerprint density at radius 2 is 1.95 bits per heavy atom. The Labute approximate surface area is 112 Å². The van der Waals surface area contributed by atoms with Gasteiger partial charge in [0.15, 0.2) is 0 Å². The topological polar surface area (TPSA) is 92.4 Å². The second-order valence-electron chi connectivity index (χ2n) is 4.72. The van der Waals surface area contributed by atoms with E-state index in [1.165, 1.54) is 16.6 Å². The second kappa shape index (κ2) is 7.53. The van der Waals surface area contributed by atoms with Gasteiger partial charge in [-0.05, 0) is 31.7 Å². The first-order valence-corrected chi connectivity index (χ1v) is 6.30. The van der Waals surface area contributed by atoms with Gasteiger partial charge in [-0.25, -0.2) is 5.48 Å². The molecule has 0 heterocycles. The lowest BCUT2D eigenvalue weighted by Gasteiger charge is -2.11. The number of amides is 2. The third kappa shape index (κ3) is 5.52. The lowest BCUT2D eigenvalue weighted by Crippen LogP contribution is -2.30. The molecule has 0 aromatic heterocycles. The van der Waals surface area contributed by atoms with E-state index in [0.717, 1.165) is 12.8 Å². The lowest BCUT2D eigenvalue weighted by atomic mass is 9.95. The van der Waals surface area contributed by atoms with Crippen LogP contribution in [0.1, 0.15) is 30.4 Å². The Morgan fingerprint density at radius 1 is 1.32 bits per heavy atom. The minimum atomic E-state index is -0.584. The van der Waals surface area contributed by atoms with Crippen molar-refractivity contribution in [2.75, 3.05) is 0 Å². The molecule has 1 aromatic carbocycles. The summed E-state index contributed by atoms with van der Waals surface area (Å²) in [5.74, 6) is -1.62. The summed E-state index contributed by atoms with van der Waals surface area (Å²) in [5.41, 5.74) is 9.16. The van der Waals surface area contributed by atoms with Crippen molar-refractivity contribution >= 4 is 11.8 Å². The average molecular weight is 264 g/mol. The van der Waals surface area contributed by atoms with Gasteiger partial charge in [0.25, 0.3) is 0 Å². The van der Waals surface area contributed by atoms with E-state index in [1.54, 1.807) is 0 Å². The molecule has 5 nitrogen and oxygen atoms in total. The van der Waals surface area contributed by atoms with Crippen molar-refractivity contribution in [2.45, 2.75) is 32.6 Å². The first-order chi connectivity index (χ1) is 9.02. The van der Waals surface area contributed by atoms with Gasteiger partial charge in [0.05, 0.1) is 0 Å². The van der Waals surface area contributed by atoms with Gasteiger partial charge in [-0.3, -0.25) is 14.8 Å². The largest absolute Gasteiger partial charge is 0.369 e. The molecule has 0 bridgehead atoms. The molecule has 5 heteroatoms. The number of hydrogen-bond acceptors (Lipinski definition) is 3. The molecule has 0 aliphatic carbocycles. The first-order valence-electron chi connectivity index (χ1n) is 6.30. The summed E-state index contributed by atoms with van der Waals surface area (Å²) in [6.07, 6.45) is 2.08. The Balaban J connectivity index is 2.42. The monoisotopic (exact) mass is 264 g/mol. The quantitative estimate of drug-likeness (QED) is 0.512. The number of hydroxylamine groups is 1. The lowest BCUT2D eigenvalue weighted by molar-refractivity contribution is -0.133. The molecule has 4 N–H and O–H groups in total. The smallest absolute Gasteiger partial charge is 0.244 e. The number of primary amides is 1. The number of benzene rings is 1. The molecule has 1 aromatic rings. The van der Waals surface area contributed by atoms with Crippen molar-refractivity contribution in [3.8, 4) is 0 Å². The van der Waals surface area contributed by atoms with Crippen LogP contribution >= 0.6 is 0 Å². The molecule has 0 aliphatic rings. The van der Waals surface area contributed by atoms with Crippen LogP contribution in [0, 0.1) is 12.8 Å². The van der Waals surface area contributed by atoms with Crippen LogP contribution in [0.15, 0.2) is 24.3 Å². The summed E-state index contributed by atoms with van der Waals surface area (Å²) in [7, 11) is 0. The Morgan fingerprint density at radius 3 is 2.47 bits per heavy atom. The van der Waals surface area contributed by atoms with E-state index < -0.39 is 17.7 Å². The summed E-state index contributed by atoms with van der Waals surface area (Å²) in [6, 6.07) is 8.18. The number of carbonyl (C=O) groups excluding carboxylic acids is 2. The van der Waals surface area contributed by atoms with Gasteiger partial charge in [0, 0.05) is 12.3 Å². The molecule has 0 aliphatic heterocycles. The van der Waals surface area contributed by atoms with Gasteiger partial charge in [-0.2, -0.15) is 0 Å². The summed E-state index contributed by atoms with van der Waals surface area (Å²) < 4.78 is 0. The molecule has 1 rings (SSSR count). The van der Waals surface area contributed by atoms with Crippen LogP contribution < -0.4 is 11.2 Å². The van der Waals surface area contributed by atoms with Crippen molar-refractivity contribution in [2.24, 2.45) is 11.7 Å².